The third-order valence-electron chi connectivity index (χ3n) is 3.23. The molecule has 112 valence electrons. The number of hydrogen-bond donors (Lipinski definition) is 1. The number of halogens is 3. The minimum atomic E-state index is -0.413. The first-order valence-corrected chi connectivity index (χ1v) is 7.88. The van der Waals surface area contributed by atoms with Crippen LogP contribution in [-0.4, -0.2) is 32.5 Å². The lowest BCUT2D eigenvalue weighted by Gasteiger charge is -2.31. The van der Waals surface area contributed by atoms with Crippen LogP contribution in [0.5, 0.6) is 0 Å². The molecule has 0 bridgehead atoms. The van der Waals surface area contributed by atoms with E-state index in [1.165, 1.54) is 0 Å². The quantitative estimate of drug-likeness (QED) is 0.806. The van der Waals surface area contributed by atoms with Crippen LogP contribution in [0.15, 0.2) is 16.6 Å². The molecular formula is C14H18BrClFNO2. The van der Waals surface area contributed by atoms with Gasteiger partial charge in [0.1, 0.15) is 11.9 Å². The molecule has 2 rings (SSSR count). The molecule has 0 spiro atoms. The maximum Gasteiger partial charge on any atom is 0.147 e. The highest BCUT2D eigenvalue weighted by molar-refractivity contribution is 9.10. The largest absolute Gasteiger partial charge is 0.376 e. The molecule has 1 saturated heterocycles. The summed E-state index contributed by atoms with van der Waals surface area (Å²) in [6.07, 6.45) is 0.748. The summed E-state index contributed by atoms with van der Waals surface area (Å²) >= 11 is 9.21. The summed E-state index contributed by atoms with van der Waals surface area (Å²) in [6, 6.07) is 3.22. The minimum Gasteiger partial charge on any atom is -0.376 e. The Labute approximate surface area is 131 Å². The second-order valence-corrected chi connectivity index (χ2v) is 5.91. The molecule has 1 fully saturated rings. The summed E-state index contributed by atoms with van der Waals surface area (Å²) in [5, 5.41) is 3.42. The average molecular weight is 367 g/mol. The second kappa shape index (κ2) is 7.71. The Bertz CT molecular complexity index is 455. The molecule has 1 aromatic rings. The van der Waals surface area contributed by atoms with E-state index >= 15 is 0 Å². The molecule has 1 aliphatic rings. The van der Waals surface area contributed by atoms with E-state index < -0.39 is 5.82 Å². The van der Waals surface area contributed by atoms with Crippen molar-refractivity contribution >= 4 is 27.5 Å². The van der Waals surface area contributed by atoms with Crippen molar-refractivity contribution in [2.24, 2.45) is 0 Å². The topological polar surface area (TPSA) is 30.5 Å². The summed E-state index contributed by atoms with van der Waals surface area (Å²) in [6.45, 7) is 4.40. The van der Waals surface area contributed by atoms with Crippen molar-refractivity contribution < 1.29 is 13.9 Å². The maximum absolute atomic E-state index is 14.4. The predicted octanol–water partition coefficient (Wildman–Crippen LogP) is 3.70. The van der Waals surface area contributed by atoms with Crippen molar-refractivity contribution in [3.8, 4) is 0 Å². The number of hydrogen-bond acceptors (Lipinski definition) is 3. The van der Waals surface area contributed by atoms with Crippen LogP contribution in [0.3, 0.4) is 0 Å². The van der Waals surface area contributed by atoms with Gasteiger partial charge in [0, 0.05) is 10.0 Å². The van der Waals surface area contributed by atoms with Crippen LogP contribution < -0.4 is 5.32 Å². The lowest BCUT2D eigenvalue weighted by atomic mass is 10.0. The van der Waals surface area contributed by atoms with Crippen LogP contribution in [0.2, 0.25) is 5.02 Å². The zero-order valence-electron chi connectivity index (χ0n) is 11.3. The Morgan fingerprint density at radius 2 is 2.30 bits per heavy atom. The average Bonchev–Trinajstić information content (AvgIpc) is 2.48. The molecular weight excluding hydrogens is 349 g/mol. The summed E-state index contributed by atoms with van der Waals surface area (Å²) in [5.41, 5.74) is 0.516. The first-order chi connectivity index (χ1) is 9.65. The third kappa shape index (κ3) is 3.71. The smallest absolute Gasteiger partial charge is 0.147 e. The highest BCUT2D eigenvalue weighted by Gasteiger charge is 2.29. The van der Waals surface area contributed by atoms with Crippen molar-refractivity contribution in [3.63, 3.8) is 0 Å². The Hall–Kier alpha value is -0.200. The standard InChI is InChI=1S/C14H18BrClFNO2/c1-2-5-18-14(11-8-19-6-7-20-11)9-3-4-10(15)12(16)13(9)17/h3-4,11,14,18H,2,5-8H2,1H3. The molecule has 0 aliphatic carbocycles. The van der Waals surface area contributed by atoms with E-state index in [-0.39, 0.29) is 17.2 Å². The van der Waals surface area contributed by atoms with Gasteiger partial charge in [0.15, 0.2) is 0 Å². The fraction of sp³-hybridized carbons (Fsp3) is 0.571. The van der Waals surface area contributed by atoms with Crippen LogP contribution in [0.1, 0.15) is 24.9 Å². The van der Waals surface area contributed by atoms with Crippen LogP contribution in [0.4, 0.5) is 4.39 Å². The Kier molecular flexibility index (Phi) is 6.23. The molecule has 0 radical (unpaired) electrons. The van der Waals surface area contributed by atoms with E-state index in [1.807, 2.05) is 0 Å². The van der Waals surface area contributed by atoms with Crippen molar-refractivity contribution in [2.45, 2.75) is 25.5 Å². The van der Waals surface area contributed by atoms with Gasteiger partial charge in [0.05, 0.1) is 30.9 Å². The molecule has 1 N–H and O–H groups in total. The summed E-state index contributed by atoms with van der Waals surface area (Å²) in [7, 11) is 0. The normalized spacial score (nSPS) is 20.9. The molecule has 2 atom stereocenters. The summed E-state index contributed by atoms with van der Waals surface area (Å²) in [5.74, 6) is -0.413. The van der Waals surface area contributed by atoms with E-state index in [0.717, 1.165) is 13.0 Å². The van der Waals surface area contributed by atoms with E-state index in [0.29, 0.717) is 29.9 Å². The van der Waals surface area contributed by atoms with E-state index in [9.17, 15) is 4.39 Å². The molecule has 3 nitrogen and oxygen atoms in total. The molecule has 1 aliphatic heterocycles. The van der Waals surface area contributed by atoms with E-state index in [2.05, 4.69) is 28.2 Å². The van der Waals surface area contributed by atoms with Crippen molar-refractivity contribution in [3.05, 3.63) is 33.0 Å². The Morgan fingerprint density at radius 1 is 1.50 bits per heavy atom. The Balaban J connectivity index is 2.27. The molecule has 6 heteroatoms. The lowest BCUT2D eigenvalue weighted by molar-refractivity contribution is -0.102. The fourth-order valence-corrected chi connectivity index (χ4v) is 2.70. The highest BCUT2D eigenvalue weighted by atomic mass is 79.9. The van der Waals surface area contributed by atoms with Crippen molar-refractivity contribution in [1.82, 2.24) is 5.32 Å². The monoisotopic (exact) mass is 365 g/mol. The molecule has 1 aromatic carbocycles. The van der Waals surface area contributed by atoms with Gasteiger partial charge in [-0.3, -0.25) is 0 Å². The van der Waals surface area contributed by atoms with Crippen LogP contribution in [0, 0.1) is 5.82 Å². The van der Waals surface area contributed by atoms with Gasteiger partial charge in [-0.2, -0.15) is 0 Å². The number of ether oxygens (including phenoxy) is 2. The molecule has 0 saturated carbocycles. The molecule has 0 amide bonds. The van der Waals surface area contributed by atoms with Gasteiger partial charge in [-0.1, -0.05) is 24.6 Å². The van der Waals surface area contributed by atoms with E-state index in [4.69, 9.17) is 21.1 Å². The first kappa shape index (κ1) is 16.2. The van der Waals surface area contributed by atoms with Gasteiger partial charge in [0.2, 0.25) is 0 Å². The van der Waals surface area contributed by atoms with Gasteiger partial charge >= 0.3 is 0 Å². The molecule has 1 heterocycles. The maximum atomic E-state index is 14.4. The first-order valence-electron chi connectivity index (χ1n) is 6.71. The zero-order chi connectivity index (χ0) is 14.5. The van der Waals surface area contributed by atoms with Gasteiger partial charge in [0.25, 0.3) is 0 Å². The van der Waals surface area contributed by atoms with Gasteiger partial charge in [-0.05, 0) is 35.0 Å². The summed E-state index contributed by atoms with van der Waals surface area (Å²) < 4.78 is 26.1. The minimum absolute atomic E-state index is 0.0996. The van der Waals surface area contributed by atoms with E-state index in [1.54, 1.807) is 12.1 Å². The van der Waals surface area contributed by atoms with Crippen molar-refractivity contribution in [1.29, 1.82) is 0 Å². The fourth-order valence-electron chi connectivity index (χ4n) is 2.22. The molecule has 20 heavy (non-hydrogen) atoms. The van der Waals surface area contributed by atoms with Crippen LogP contribution >= 0.6 is 27.5 Å². The van der Waals surface area contributed by atoms with Crippen molar-refractivity contribution in [2.75, 3.05) is 26.4 Å². The van der Waals surface area contributed by atoms with Crippen LogP contribution in [-0.2, 0) is 9.47 Å². The molecule has 2 unspecified atom stereocenters. The van der Waals surface area contributed by atoms with Gasteiger partial charge in [-0.15, -0.1) is 0 Å². The van der Waals surface area contributed by atoms with Gasteiger partial charge < -0.3 is 14.8 Å². The number of rotatable bonds is 5. The third-order valence-corrected chi connectivity index (χ3v) is 4.49. The molecule has 0 aromatic heterocycles. The SMILES string of the molecule is CCCNC(c1ccc(Br)c(Cl)c1F)C1COCCO1. The highest BCUT2D eigenvalue weighted by Crippen LogP contribution is 2.32. The summed E-state index contributed by atoms with van der Waals surface area (Å²) in [4.78, 5) is 0. The second-order valence-electron chi connectivity index (χ2n) is 4.68. The van der Waals surface area contributed by atoms with Gasteiger partial charge in [-0.25, -0.2) is 4.39 Å². The lowest BCUT2D eigenvalue weighted by Crippen LogP contribution is -2.41. The zero-order valence-corrected chi connectivity index (χ0v) is 13.6. The van der Waals surface area contributed by atoms with Crippen LogP contribution in [0.25, 0.3) is 0 Å². The predicted molar refractivity (Wildman–Crippen MR) is 80.7 cm³/mol. The number of benzene rings is 1. The number of nitrogens with one attached hydrogen (secondary N) is 1. The Morgan fingerprint density at radius 3 is 2.95 bits per heavy atom.